The van der Waals surface area contributed by atoms with Gasteiger partial charge in [0.15, 0.2) is 0 Å². The van der Waals surface area contributed by atoms with Crippen molar-refractivity contribution >= 4 is 0 Å². The maximum absolute atomic E-state index is 12.5. The number of aromatic hydroxyl groups is 1. The van der Waals surface area contributed by atoms with Crippen molar-refractivity contribution < 1.29 is 18.3 Å². The number of hydrogen-bond donors (Lipinski definition) is 1. The SMILES string of the molecule is Cn1cc(O)nc1Cc1cccc(C(F)(F)F)c1. The number of imidazole rings is 1. The lowest BCUT2D eigenvalue weighted by Crippen LogP contribution is -2.06. The Balaban J connectivity index is 2.27. The van der Waals surface area contributed by atoms with E-state index < -0.39 is 11.7 Å². The van der Waals surface area contributed by atoms with Crippen molar-refractivity contribution in [3.8, 4) is 5.88 Å². The van der Waals surface area contributed by atoms with Crippen LogP contribution in [-0.4, -0.2) is 14.7 Å². The van der Waals surface area contributed by atoms with Crippen molar-refractivity contribution in [2.75, 3.05) is 0 Å². The molecule has 0 aliphatic rings. The molecule has 1 heterocycles. The standard InChI is InChI=1S/C12H11F3N2O/c1-17-7-11(18)16-10(17)6-8-3-2-4-9(5-8)12(13,14)15/h2-5,7,18H,6H2,1H3. The molecule has 0 unspecified atom stereocenters. The van der Waals surface area contributed by atoms with E-state index >= 15 is 0 Å². The lowest BCUT2D eigenvalue weighted by molar-refractivity contribution is -0.137. The summed E-state index contributed by atoms with van der Waals surface area (Å²) in [4.78, 5) is 3.83. The van der Waals surface area contributed by atoms with Crippen molar-refractivity contribution in [2.45, 2.75) is 12.6 Å². The molecule has 0 saturated heterocycles. The molecule has 1 aromatic heterocycles. The maximum atomic E-state index is 12.5. The van der Waals surface area contributed by atoms with Crippen molar-refractivity contribution in [1.29, 1.82) is 0 Å². The zero-order valence-electron chi connectivity index (χ0n) is 9.57. The quantitative estimate of drug-likeness (QED) is 0.897. The van der Waals surface area contributed by atoms with Gasteiger partial charge in [-0.3, -0.25) is 0 Å². The Morgan fingerprint density at radius 3 is 2.61 bits per heavy atom. The van der Waals surface area contributed by atoms with Crippen LogP contribution in [0.4, 0.5) is 13.2 Å². The predicted molar refractivity (Wildman–Crippen MR) is 59.1 cm³/mol. The average Bonchev–Trinajstić information content (AvgIpc) is 2.56. The largest absolute Gasteiger partial charge is 0.492 e. The molecule has 0 aliphatic carbocycles. The molecular weight excluding hydrogens is 245 g/mol. The molecule has 1 aromatic carbocycles. The van der Waals surface area contributed by atoms with E-state index in [0.717, 1.165) is 12.1 Å². The highest BCUT2D eigenvalue weighted by molar-refractivity contribution is 5.28. The van der Waals surface area contributed by atoms with Crippen LogP contribution < -0.4 is 0 Å². The van der Waals surface area contributed by atoms with E-state index in [4.69, 9.17) is 0 Å². The lowest BCUT2D eigenvalue weighted by Gasteiger charge is -2.08. The zero-order valence-corrected chi connectivity index (χ0v) is 9.57. The number of halogens is 3. The summed E-state index contributed by atoms with van der Waals surface area (Å²) >= 11 is 0. The van der Waals surface area contributed by atoms with Crippen LogP contribution in [0.3, 0.4) is 0 Å². The second kappa shape index (κ2) is 4.36. The fourth-order valence-corrected chi connectivity index (χ4v) is 1.69. The minimum Gasteiger partial charge on any atom is -0.492 e. The molecule has 2 aromatic rings. The maximum Gasteiger partial charge on any atom is 0.416 e. The van der Waals surface area contributed by atoms with Gasteiger partial charge in [0.25, 0.3) is 0 Å². The first-order valence-corrected chi connectivity index (χ1v) is 5.23. The molecule has 0 bridgehead atoms. The Labute approximate surface area is 102 Å². The molecule has 18 heavy (non-hydrogen) atoms. The van der Waals surface area contributed by atoms with Crippen LogP contribution in [0.1, 0.15) is 17.0 Å². The van der Waals surface area contributed by atoms with Gasteiger partial charge in [0.05, 0.1) is 11.8 Å². The van der Waals surface area contributed by atoms with Crippen molar-refractivity contribution in [3.05, 3.63) is 47.4 Å². The monoisotopic (exact) mass is 256 g/mol. The van der Waals surface area contributed by atoms with Gasteiger partial charge in [-0.15, -0.1) is 0 Å². The molecule has 96 valence electrons. The normalized spacial score (nSPS) is 11.8. The smallest absolute Gasteiger partial charge is 0.416 e. The molecule has 0 fully saturated rings. The lowest BCUT2D eigenvalue weighted by atomic mass is 10.1. The molecule has 0 amide bonds. The number of hydrogen-bond acceptors (Lipinski definition) is 2. The first-order valence-electron chi connectivity index (χ1n) is 5.23. The second-order valence-electron chi connectivity index (χ2n) is 4.00. The van der Waals surface area contributed by atoms with Crippen LogP contribution in [0.5, 0.6) is 5.88 Å². The van der Waals surface area contributed by atoms with E-state index in [1.807, 2.05) is 0 Å². The molecule has 0 saturated carbocycles. The summed E-state index contributed by atoms with van der Waals surface area (Å²) in [6, 6.07) is 5.08. The summed E-state index contributed by atoms with van der Waals surface area (Å²) in [5, 5.41) is 9.18. The minimum atomic E-state index is -4.35. The van der Waals surface area contributed by atoms with Crippen LogP contribution in [0.15, 0.2) is 30.5 Å². The Hall–Kier alpha value is -1.98. The Bertz CT molecular complexity index is 561. The minimum absolute atomic E-state index is 0.139. The Kier molecular flexibility index (Phi) is 3.02. The highest BCUT2D eigenvalue weighted by atomic mass is 19.4. The van der Waals surface area contributed by atoms with E-state index in [0.29, 0.717) is 11.4 Å². The van der Waals surface area contributed by atoms with E-state index in [9.17, 15) is 18.3 Å². The first-order chi connectivity index (χ1) is 8.36. The summed E-state index contributed by atoms with van der Waals surface area (Å²) < 4.78 is 39.2. The Morgan fingerprint density at radius 1 is 1.33 bits per heavy atom. The third-order valence-corrected chi connectivity index (χ3v) is 2.58. The third kappa shape index (κ3) is 2.64. The van der Waals surface area contributed by atoms with Gasteiger partial charge < -0.3 is 9.67 Å². The van der Waals surface area contributed by atoms with Crippen LogP contribution in [0.2, 0.25) is 0 Å². The van der Waals surface area contributed by atoms with Crippen LogP contribution in [-0.2, 0) is 19.6 Å². The zero-order chi connectivity index (χ0) is 13.3. The fourth-order valence-electron chi connectivity index (χ4n) is 1.69. The molecule has 2 rings (SSSR count). The first kappa shape index (κ1) is 12.5. The van der Waals surface area contributed by atoms with Gasteiger partial charge in [-0.05, 0) is 11.6 Å². The third-order valence-electron chi connectivity index (χ3n) is 2.58. The summed E-state index contributed by atoms with van der Waals surface area (Å²) in [7, 11) is 1.68. The highest BCUT2D eigenvalue weighted by Crippen LogP contribution is 2.29. The van der Waals surface area contributed by atoms with Crippen LogP contribution >= 0.6 is 0 Å². The van der Waals surface area contributed by atoms with Crippen LogP contribution in [0, 0.1) is 0 Å². The van der Waals surface area contributed by atoms with Crippen molar-refractivity contribution in [2.24, 2.45) is 7.05 Å². The molecule has 0 atom stereocenters. The summed E-state index contributed by atoms with van der Waals surface area (Å²) in [5.41, 5.74) is -0.183. The van der Waals surface area contributed by atoms with E-state index in [2.05, 4.69) is 4.98 Å². The van der Waals surface area contributed by atoms with Gasteiger partial charge in [-0.25, -0.2) is 0 Å². The predicted octanol–water partition coefficient (Wildman–Crippen LogP) is 2.74. The van der Waals surface area contributed by atoms with Crippen LogP contribution in [0.25, 0.3) is 0 Å². The van der Waals surface area contributed by atoms with Gasteiger partial charge in [0.2, 0.25) is 5.88 Å². The molecule has 0 spiro atoms. The fraction of sp³-hybridized carbons (Fsp3) is 0.250. The summed E-state index contributed by atoms with van der Waals surface area (Å²) in [5.74, 6) is 0.367. The number of alkyl halides is 3. The molecule has 3 nitrogen and oxygen atoms in total. The molecular formula is C12H11F3N2O. The van der Waals surface area contributed by atoms with Gasteiger partial charge >= 0.3 is 6.18 Å². The number of rotatable bonds is 2. The summed E-state index contributed by atoms with van der Waals surface area (Å²) in [6.45, 7) is 0. The number of nitrogens with zero attached hydrogens (tertiary/aromatic N) is 2. The number of aromatic nitrogens is 2. The van der Waals surface area contributed by atoms with Gasteiger partial charge in [0, 0.05) is 13.5 Å². The molecule has 6 heteroatoms. The summed E-state index contributed by atoms with van der Waals surface area (Å²) in [6.07, 6.45) is -2.70. The van der Waals surface area contributed by atoms with Gasteiger partial charge in [0.1, 0.15) is 5.82 Å². The topological polar surface area (TPSA) is 38.0 Å². The Morgan fingerprint density at radius 2 is 2.06 bits per heavy atom. The second-order valence-corrected chi connectivity index (χ2v) is 4.00. The molecule has 1 N–H and O–H groups in total. The molecule has 0 radical (unpaired) electrons. The van der Waals surface area contributed by atoms with E-state index in [-0.39, 0.29) is 12.3 Å². The van der Waals surface area contributed by atoms with Gasteiger partial charge in [-0.1, -0.05) is 18.2 Å². The van der Waals surface area contributed by atoms with Gasteiger partial charge in [-0.2, -0.15) is 18.2 Å². The highest BCUT2D eigenvalue weighted by Gasteiger charge is 2.30. The van der Waals surface area contributed by atoms with Crippen molar-refractivity contribution in [1.82, 2.24) is 9.55 Å². The van der Waals surface area contributed by atoms with E-state index in [1.54, 1.807) is 17.7 Å². The van der Waals surface area contributed by atoms with Crippen molar-refractivity contribution in [3.63, 3.8) is 0 Å². The number of benzene rings is 1. The molecule has 0 aliphatic heterocycles. The average molecular weight is 256 g/mol. The van der Waals surface area contributed by atoms with E-state index in [1.165, 1.54) is 12.3 Å². The number of aryl methyl sites for hydroxylation is 1.